The molecule has 0 spiro atoms. The molecule has 0 bridgehead atoms. The average Bonchev–Trinajstić information content (AvgIpc) is 2.74. The first kappa shape index (κ1) is 13.8. The number of nitrogens with two attached hydrogens (primary N) is 1. The van der Waals surface area contributed by atoms with E-state index < -0.39 is 5.54 Å². The third-order valence-corrected chi connectivity index (χ3v) is 4.86. The van der Waals surface area contributed by atoms with Gasteiger partial charge in [-0.3, -0.25) is 0 Å². The zero-order chi connectivity index (χ0) is 13.0. The summed E-state index contributed by atoms with van der Waals surface area (Å²) >= 11 is 0. The van der Waals surface area contributed by atoms with E-state index in [0.29, 0.717) is 12.0 Å². The summed E-state index contributed by atoms with van der Waals surface area (Å²) in [6, 6.07) is 2.31. The summed E-state index contributed by atoms with van der Waals surface area (Å²) in [5.74, 6) is 1.21. The van der Waals surface area contributed by atoms with Gasteiger partial charge in [0, 0.05) is 6.61 Å². The van der Waals surface area contributed by atoms with Crippen LogP contribution in [0, 0.1) is 23.2 Å². The van der Waals surface area contributed by atoms with Gasteiger partial charge in [-0.15, -0.1) is 0 Å². The van der Waals surface area contributed by atoms with Crippen LogP contribution in [0.5, 0.6) is 0 Å². The Bertz CT molecular complexity index is 304. The number of hydrogen-bond acceptors (Lipinski definition) is 3. The van der Waals surface area contributed by atoms with Crippen LogP contribution >= 0.6 is 0 Å². The molecule has 2 fully saturated rings. The first-order valence-corrected chi connectivity index (χ1v) is 7.46. The van der Waals surface area contributed by atoms with Crippen molar-refractivity contribution in [1.82, 2.24) is 0 Å². The first-order valence-electron chi connectivity index (χ1n) is 7.46. The molecule has 0 amide bonds. The summed E-state index contributed by atoms with van der Waals surface area (Å²) < 4.78 is 5.97. The topological polar surface area (TPSA) is 59.0 Å². The van der Waals surface area contributed by atoms with Crippen LogP contribution in [-0.2, 0) is 4.74 Å². The van der Waals surface area contributed by atoms with Crippen LogP contribution in [0.1, 0.15) is 58.3 Å². The Morgan fingerprint density at radius 3 is 2.67 bits per heavy atom. The lowest BCUT2D eigenvalue weighted by Gasteiger charge is -2.28. The fourth-order valence-electron chi connectivity index (χ4n) is 3.42. The standard InChI is InChI=1S/C15H26N2O/c1-12-4-6-14(7-5-12)18-10-8-13-3-2-9-15(13,17)11-16/h12-14H,2-10,17H2,1H3. The van der Waals surface area contributed by atoms with Crippen molar-refractivity contribution in [2.75, 3.05) is 6.61 Å². The summed E-state index contributed by atoms with van der Waals surface area (Å²) in [5, 5.41) is 9.16. The zero-order valence-electron chi connectivity index (χ0n) is 11.5. The Balaban J connectivity index is 1.68. The van der Waals surface area contributed by atoms with Gasteiger partial charge in [-0.2, -0.15) is 5.26 Å². The van der Waals surface area contributed by atoms with E-state index in [0.717, 1.165) is 38.2 Å². The van der Waals surface area contributed by atoms with Gasteiger partial charge in [0.25, 0.3) is 0 Å². The Labute approximate surface area is 111 Å². The highest BCUT2D eigenvalue weighted by Gasteiger charge is 2.39. The smallest absolute Gasteiger partial charge is 0.107 e. The second kappa shape index (κ2) is 6.04. The Morgan fingerprint density at radius 2 is 2.00 bits per heavy atom. The lowest BCUT2D eigenvalue weighted by Crippen LogP contribution is -2.42. The normalized spacial score (nSPS) is 40.6. The van der Waals surface area contributed by atoms with E-state index in [1.165, 1.54) is 25.7 Å². The molecule has 2 saturated carbocycles. The highest BCUT2D eigenvalue weighted by molar-refractivity contribution is 5.11. The maximum atomic E-state index is 9.16. The maximum Gasteiger partial charge on any atom is 0.107 e. The van der Waals surface area contributed by atoms with Crippen molar-refractivity contribution in [2.24, 2.45) is 17.6 Å². The molecule has 0 radical (unpaired) electrons. The molecule has 0 aliphatic heterocycles. The van der Waals surface area contributed by atoms with Crippen molar-refractivity contribution in [3.63, 3.8) is 0 Å². The molecule has 2 aliphatic carbocycles. The molecule has 102 valence electrons. The monoisotopic (exact) mass is 250 g/mol. The Hall–Kier alpha value is -0.590. The van der Waals surface area contributed by atoms with Crippen molar-refractivity contribution in [1.29, 1.82) is 5.26 Å². The second-order valence-electron chi connectivity index (χ2n) is 6.28. The van der Waals surface area contributed by atoms with E-state index in [2.05, 4.69) is 13.0 Å². The van der Waals surface area contributed by atoms with Crippen molar-refractivity contribution >= 4 is 0 Å². The zero-order valence-corrected chi connectivity index (χ0v) is 11.5. The van der Waals surface area contributed by atoms with E-state index >= 15 is 0 Å². The van der Waals surface area contributed by atoms with Crippen LogP contribution in [0.2, 0.25) is 0 Å². The summed E-state index contributed by atoms with van der Waals surface area (Å²) in [7, 11) is 0. The third-order valence-electron chi connectivity index (χ3n) is 4.86. The lowest BCUT2D eigenvalue weighted by molar-refractivity contribution is 0.0116. The molecule has 0 aromatic heterocycles. The largest absolute Gasteiger partial charge is 0.378 e. The fraction of sp³-hybridized carbons (Fsp3) is 0.933. The van der Waals surface area contributed by atoms with Crippen LogP contribution in [0.3, 0.4) is 0 Å². The molecule has 0 heterocycles. The minimum Gasteiger partial charge on any atom is -0.378 e. The molecule has 0 saturated heterocycles. The molecule has 2 aliphatic rings. The second-order valence-corrected chi connectivity index (χ2v) is 6.28. The molecule has 3 heteroatoms. The summed E-state index contributed by atoms with van der Waals surface area (Å²) in [5.41, 5.74) is 5.54. The Kier molecular flexibility index (Phi) is 4.64. The predicted molar refractivity (Wildman–Crippen MR) is 71.9 cm³/mol. The van der Waals surface area contributed by atoms with Gasteiger partial charge in [-0.1, -0.05) is 13.3 Å². The van der Waals surface area contributed by atoms with Crippen molar-refractivity contribution in [2.45, 2.75) is 69.9 Å². The number of nitriles is 1. The van der Waals surface area contributed by atoms with E-state index in [1.807, 2.05) is 0 Å². The van der Waals surface area contributed by atoms with E-state index in [9.17, 15) is 0 Å². The molecule has 0 aromatic rings. The van der Waals surface area contributed by atoms with Gasteiger partial charge in [-0.25, -0.2) is 0 Å². The van der Waals surface area contributed by atoms with E-state index in [1.54, 1.807) is 0 Å². The lowest BCUT2D eigenvalue weighted by atomic mass is 9.87. The number of rotatable bonds is 4. The average molecular weight is 250 g/mol. The minimum atomic E-state index is -0.579. The molecular formula is C15H26N2O. The highest BCUT2D eigenvalue weighted by atomic mass is 16.5. The summed E-state index contributed by atoms with van der Waals surface area (Å²) in [6.45, 7) is 3.11. The number of hydrogen-bond donors (Lipinski definition) is 1. The van der Waals surface area contributed by atoms with Gasteiger partial charge in [0.05, 0.1) is 12.2 Å². The minimum absolute atomic E-state index is 0.338. The maximum absolute atomic E-state index is 9.16. The fourth-order valence-corrected chi connectivity index (χ4v) is 3.42. The molecule has 2 atom stereocenters. The molecular weight excluding hydrogens is 224 g/mol. The van der Waals surface area contributed by atoms with Crippen molar-refractivity contribution in [3.05, 3.63) is 0 Å². The quantitative estimate of drug-likeness (QED) is 0.834. The molecule has 2 unspecified atom stereocenters. The summed E-state index contributed by atoms with van der Waals surface area (Å²) in [4.78, 5) is 0. The van der Waals surface area contributed by atoms with E-state index in [4.69, 9.17) is 15.7 Å². The van der Waals surface area contributed by atoms with Crippen LogP contribution < -0.4 is 5.73 Å². The van der Waals surface area contributed by atoms with Crippen molar-refractivity contribution in [3.8, 4) is 6.07 Å². The summed E-state index contributed by atoms with van der Waals surface area (Å²) in [6.07, 6.45) is 9.46. The van der Waals surface area contributed by atoms with Gasteiger partial charge >= 0.3 is 0 Å². The van der Waals surface area contributed by atoms with Gasteiger partial charge in [-0.05, 0) is 56.8 Å². The SMILES string of the molecule is CC1CCC(OCCC2CCCC2(N)C#N)CC1. The van der Waals surface area contributed by atoms with Crippen LogP contribution in [0.15, 0.2) is 0 Å². The van der Waals surface area contributed by atoms with Crippen molar-refractivity contribution < 1.29 is 4.74 Å². The molecule has 2 N–H and O–H groups in total. The molecule has 2 rings (SSSR count). The molecule has 3 nitrogen and oxygen atoms in total. The third kappa shape index (κ3) is 3.24. The molecule has 0 aromatic carbocycles. The number of nitrogens with zero attached hydrogens (tertiary/aromatic N) is 1. The highest BCUT2D eigenvalue weighted by Crippen LogP contribution is 2.35. The van der Waals surface area contributed by atoms with Crippen LogP contribution in [0.25, 0.3) is 0 Å². The van der Waals surface area contributed by atoms with Gasteiger partial charge in [0.1, 0.15) is 5.54 Å². The van der Waals surface area contributed by atoms with Crippen LogP contribution in [0.4, 0.5) is 0 Å². The van der Waals surface area contributed by atoms with E-state index in [-0.39, 0.29) is 0 Å². The molecule has 18 heavy (non-hydrogen) atoms. The number of ether oxygens (including phenoxy) is 1. The van der Waals surface area contributed by atoms with Gasteiger partial charge in [0.2, 0.25) is 0 Å². The predicted octanol–water partition coefficient (Wildman–Crippen LogP) is 2.99. The van der Waals surface area contributed by atoms with Crippen LogP contribution in [-0.4, -0.2) is 18.2 Å². The van der Waals surface area contributed by atoms with Gasteiger partial charge < -0.3 is 10.5 Å². The first-order chi connectivity index (χ1) is 8.64. The van der Waals surface area contributed by atoms with Gasteiger partial charge in [0.15, 0.2) is 0 Å². The Morgan fingerprint density at radius 1 is 1.28 bits per heavy atom.